The minimum absolute atomic E-state index is 0.0311. The van der Waals surface area contributed by atoms with Crippen LogP contribution in [0, 0.1) is 5.82 Å². The minimum atomic E-state index is -0.564. The van der Waals surface area contributed by atoms with Crippen LogP contribution < -0.4 is 5.32 Å². The fraction of sp³-hybridized carbons (Fsp3) is 0.562. The Hall–Kier alpha value is -1.17. The van der Waals surface area contributed by atoms with Gasteiger partial charge in [0.15, 0.2) is 0 Å². The standard InChI is InChI=1S/C16H20ClFN2O2/c17-14-2-1-11(9-15(14)18)16(21)19-12-3-6-20(7-4-12)13-5-8-22-10-13/h1-2,9,12-13H,3-8,10H2,(H,19,21). The number of benzene rings is 1. The van der Waals surface area contributed by atoms with Gasteiger partial charge in [-0.3, -0.25) is 9.69 Å². The lowest BCUT2D eigenvalue weighted by Gasteiger charge is -2.35. The molecule has 1 amide bonds. The van der Waals surface area contributed by atoms with Crippen LogP contribution in [0.2, 0.25) is 5.02 Å². The van der Waals surface area contributed by atoms with Crippen molar-refractivity contribution < 1.29 is 13.9 Å². The van der Waals surface area contributed by atoms with Crippen LogP contribution in [-0.2, 0) is 4.74 Å². The Labute approximate surface area is 134 Å². The van der Waals surface area contributed by atoms with E-state index < -0.39 is 5.82 Å². The third-order valence-corrected chi connectivity index (χ3v) is 4.78. The fourth-order valence-electron chi connectivity index (χ4n) is 3.13. The number of nitrogens with one attached hydrogen (secondary N) is 1. The zero-order chi connectivity index (χ0) is 15.5. The summed E-state index contributed by atoms with van der Waals surface area (Å²) in [4.78, 5) is 14.6. The highest BCUT2D eigenvalue weighted by atomic mass is 35.5. The monoisotopic (exact) mass is 326 g/mol. The Morgan fingerprint density at radius 1 is 1.32 bits per heavy atom. The molecule has 0 aliphatic carbocycles. The first-order valence-electron chi connectivity index (χ1n) is 7.71. The van der Waals surface area contributed by atoms with Gasteiger partial charge in [-0.1, -0.05) is 11.6 Å². The quantitative estimate of drug-likeness (QED) is 0.927. The molecule has 0 radical (unpaired) electrons. The SMILES string of the molecule is O=C(NC1CCN(C2CCOC2)CC1)c1ccc(Cl)c(F)c1. The number of carbonyl (C=O) groups is 1. The van der Waals surface area contributed by atoms with Crippen molar-refractivity contribution in [1.29, 1.82) is 0 Å². The van der Waals surface area contributed by atoms with E-state index in [4.69, 9.17) is 16.3 Å². The molecule has 3 rings (SSSR count). The molecule has 2 heterocycles. The lowest BCUT2D eigenvalue weighted by atomic mass is 10.0. The predicted octanol–water partition coefficient (Wildman–Crippen LogP) is 2.46. The Morgan fingerprint density at radius 3 is 2.73 bits per heavy atom. The van der Waals surface area contributed by atoms with Crippen molar-refractivity contribution in [3.05, 3.63) is 34.6 Å². The summed E-state index contributed by atoms with van der Waals surface area (Å²) < 4.78 is 18.8. The van der Waals surface area contributed by atoms with E-state index in [0.29, 0.717) is 11.6 Å². The van der Waals surface area contributed by atoms with Crippen LogP contribution in [0.25, 0.3) is 0 Å². The molecule has 2 aliphatic rings. The molecule has 0 bridgehead atoms. The molecule has 4 nitrogen and oxygen atoms in total. The topological polar surface area (TPSA) is 41.6 Å². The highest BCUT2D eigenvalue weighted by Crippen LogP contribution is 2.20. The third kappa shape index (κ3) is 3.59. The van der Waals surface area contributed by atoms with Crippen LogP contribution in [0.5, 0.6) is 0 Å². The zero-order valence-electron chi connectivity index (χ0n) is 12.4. The Balaban J connectivity index is 1.51. The Morgan fingerprint density at radius 2 is 2.09 bits per heavy atom. The number of ether oxygens (including phenoxy) is 1. The van der Waals surface area contributed by atoms with Crippen LogP contribution in [0.1, 0.15) is 29.6 Å². The van der Waals surface area contributed by atoms with Crippen molar-refractivity contribution in [2.45, 2.75) is 31.3 Å². The third-order valence-electron chi connectivity index (χ3n) is 4.47. The number of piperidine rings is 1. The van der Waals surface area contributed by atoms with Gasteiger partial charge in [0.25, 0.3) is 5.91 Å². The summed E-state index contributed by atoms with van der Waals surface area (Å²) >= 11 is 5.63. The first-order valence-corrected chi connectivity index (χ1v) is 8.09. The van der Waals surface area contributed by atoms with E-state index in [1.807, 2.05) is 0 Å². The van der Waals surface area contributed by atoms with Crippen molar-refractivity contribution in [2.24, 2.45) is 0 Å². The molecular weight excluding hydrogens is 307 g/mol. The summed E-state index contributed by atoms with van der Waals surface area (Å²) in [6.07, 6.45) is 2.93. The van der Waals surface area contributed by atoms with Crippen molar-refractivity contribution in [3.8, 4) is 0 Å². The summed E-state index contributed by atoms with van der Waals surface area (Å²) in [5.41, 5.74) is 0.313. The maximum Gasteiger partial charge on any atom is 0.251 e. The molecule has 22 heavy (non-hydrogen) atoms. The number of carbonyl (C=O) groups excluding carboxylic acids is 1. The first-order chi connectivity index (χ1) is 10.6. The number of rotatable bonds is 3. The fourth-order valence-corrected chi connectivity index (χ4v) is 3.24. The van der Waals surface area contributed by atoms with Gasteiger partial charge < -0.3 is 10.1 Å². The lowest BCUT2D eigenvalue weighted by Crippen LogP contribution is -2.48. The number of amides is 1. The summed E-state index contributed by atoms with van der Waals surface area (Å²) in [6.45, 7) is 3.60. The molecule has 1 unspecified atom stereocenters. The van der Waals surface area contributed by atoms with Gasteiger partial charge in [-0.2, -0.15) is 0 Å². The van der Waals surface area contributed by atoms with Crippen molar-refractivity contribution in [3.63, 3.8) is 0 Å². The molecule has 1 aromatic carbocycles. The van der Waals surface area contributed by atoms with E-state index in [1.165, 1.54) is 12.1 Å². The van der Waals surface area contributed by atoms with Gasteiger partial charge >= 0.3 is 0 Å². The normalized spacial score (nSPS) is 23.6. The Kier molecular flexibility index (Phi) is 4.96. The Bertz CT molecular complexity index is 541. The smallest absolute Gasteiger partial charge is 0.251 e. The summed E-state index contributed by atoms with van der Waals surface area (Å²) in [5, 5.41) is 3.02. The number of nitrogens with zero attached hydrogens (tertiary/aromatic N) is 1. The average molecular weight is 327 g/mol. The van der Waals surface area contributed by atoms with E-state index in [0.717, 1.165) is 45.6 Å². The highest BCUT2D eigenvalue weighted by Gasteiger charge is 2.28. The molecule has 1 N–H and O–H groups in total. The van der Waals surface area contributed by atoms with E-state index in [9.17, 15) is 9.18 Å². The average Bonchev–Trinajstić information content (AvgIpc) is 3.05. The summed E-state index contributed by atoms with van der Waals surface area (Å²) in [7, 11) is 0. The van der Waals surface area contributed by atoms with Gasteiger partial charge in [0.05, 0.1) is 11.6 Å². The molecule has 2 fully saturated rings. The van der Waals surface area contributed by atoms with Gasteiger partial charge in [0.1, 0.15) is 5.82 Å². The van der Waals surface area contributed by atoms with Crippen molar-refractivity contribution in [1.82, 2.24) is 10.2 Å². The predicted molar refractivity (Wildman–Crippen MR) is 82.7 cm³/mol. The van der Waals surface area contributed by atoms with Crippen LogP contribution in [-0.4, -0.2) is 49.2 Å². The van der Waals surface area contributed by atoms with Gasteiger partial charge in [0, 0.05) is 37.3 Å². The van der Waals surface area contributed by atoms with Crippen LogP contribution in [0.4, 0.5) is 4.39 Å². The number of hydrogen-bond acceptors (Lipinski definition) is 3. The maximum atomic E-state index is 13.4. The molecule has 2 aliphatic heterocycles. The molecule has 6 heteroatoms. The highest BCUT2D eigenvalue weighted by molar-refractivity contribution is 6.30. The maximum absolute atomic E-state index is 13.4. The van der Waals surface area contributed by atoms with Gasteiger partial charge in [-0.25, -0.2) is 4.39 Å². The molecule has 0 spiro atoms. The van der Waals surface area contributed by atoms with Crippen LogP contribution >= 0.6 is 11.6 Å². The lowest BCUT2D eigenvalue weighted by molar-refractivity contribution is 0.0874. The van der Waals surface area contributed by atoms with E-state index >= 15 is 0 Å². The first kappa shape index (κ1) is 15.7. The number of hydrogen-bond donors (Lipinski definition) is 1. The van der Waals surface area contributed by atoms with E-state index in [-0.39, 0.29) is 17.0 Å². The molecular formula is C16H20ClFN2O2. The molecule has 1 aromatic rings. The second kappa shape index (κ2) is 6.94. The number of likely N-dealkylation sites (tertiary alicyclic amines) is 1. The van der Waals surface area contributed by atoms with Crippen molar-refractivity contribution in [2.75, 3.05) is 26.3 Å². The van der Waals surface area contributed by atoms with Crippen LogP contribution in [0.15, 0.2) is 18.2 Å². The van der Waals surface area contributed by atoms with E-state index in [2.05, 4.69) is 10.2 Å². The molecule has 2 saturated heterocycles. The van der Waals surface area contributed by atoms with Gasteiger partial charge in [0.2, 0.25) is 0 Å². The summed E-state index contributed by atoms with van der Waals surface area (Å²) in [5.74, 6) is -0.802. The molecule has 1 atom stereocenters. The minimum Gasteiger partial charge on any atom is -0.380 e. The second-order valence-corrected chi connectivity index (χ2v) is 6.34. The van der Waals surface area contributed by atoms with Crippen LogP contribution in [0.3, 0.4) is 0 Å². The molecule has 120 valence electrons. The van der Waals surface area contributed by atoms with Crippen molar-refractivity contribution >= 4 is 17.5 Å². The second-order valence-electron chi connectivity index (χ2n) is 5.93. The largest absolute Gasteiger partial charge is 0.380 e. The molecule has 0 aromatic heterocycles. The van der Waals surface area contributed by atoms with Gasteiger partial charge in [-0.15, -0.1) is 0 Å². The van der Waals surface area contributed by atoms with Gasteiger partial charge in [-0.05, 0) is 37.5 Å². The molecule has 0 saturated carbocycles. The summed E-state index contributed by atoms with van der Waals surface area (Å²) in [6, 6.07) is 4.81. The zero-order valence-corrected chi connectivity index (χ0v) is 13.1. The van der Waals surface area contributed by atoms with E-state index in [1.54, 1.807) is 6.07 Å². The number of halogens is 2.